The summed E-state index contributed by atoms with van der Waals surface area (Å²) < 4.78 is 0. The number of carbonyl (C=O) groups excluding carboxylic acids is 1. The lowest BCUT2D eigenvalue weighted by molar-refractivity contribution is 0.0827. The second-order valence-corrected chi connectivity index (χ2v) is 4.85. The Bertz CT molecular complexity index is 431. The van der Waals surface area contributed by atoms with Gasteiger partial charge in [-0.1, -0.05) is 0 Å². The van der Waals surface area contributed by atoms with Gasteiger partial charge in [-0.25, -0.2) is 0 Å². The third kappa shape index (κ3) is 4.13. The number of rotatable bonds is 6. The van der Waals surface area contributed by atoms with E-state index in [2.05, 4.69) is 10.2 Å². The van der Waals surface area contributed by atoms with Crippen LogP contribution in [0.25, 0.3) is 0 Å². The summed E-state index contributed by atoms with van der Waals surface area (Å²) in [5.74, 6) is -0.0314. The SMILES string of the molecule is CNCCCN(C)c1ccc(C(=O)N(C)C)cc1N. The average molecular weight is 264 g/mol. The number of benzene rings is 1. The van der Waals surface area contributed by atoms with E-state index in [1.54, 1.807) is 25.1 Å². The molecule has 5 heteroatoms. The number of nitrogens with one attached hydrogen (secondary N) is 1. The summed E-state index contributed by atoms with van der Waals surface area (Å²) in [6.45, 7) is 1.90. The van der Waals surface area contributed by atoms with Crippen LogP contribution >= 0.6 is 0 Å². The number of nitrogens with two attached hydrogens (primary N) is 1. The normalized spacial score (nSPS) is 10.3. The van der Waals surface area contributed by atoms with Crippen molar-refractivity contribution in [2.75, 3.05) is 51.9 Å². The highest BCUT2D eigenvalue weighted by molar-refractivity contribution is 5.95. The maximum Gasteiger partial charge on any atom is 0.253 e. The maximum absolute atomic E-state index is 11.8. The molecule has 0 heterocycles. The lowest BCUT2D eigenvalue weighted by Crippen LogP contribution is -2.24. The molecule has 3 N–H and O–H groups in total. The van der Waals surface area contributed by atoms with Crippen LogP contribution in [0, 0.1) is 0 Å². The molecule has 0 unspecified atom stereocenters. The number of amides is 1. The summed E-state index contributed by atoms with van der Waals surface area (Å²) >= 11 is 0. The molecule has 5 nitrogen and oxygen atoms in total. The van der Waals surface area contributed by atoms with Crippen molar-refractivity contribution < 1.29 is 4.79 Å². The predicted molar refractivity (Wildman–Crippen MR) is 80.7 cm³/mol. The molecule has 0 aliphatic carbocycles. The molecule has 1 aromatic rings. The quantitative estimate of drug-likeness (QED) is 0.595. The van der Waals surface area contributed by atoms with Crippen molar-refractivity contribution in [2.24, 2.45) is 0 Å². The number of hydrogen-bond acceptors (Lipinski definition) is 4. The van der Waals surface area contributed by atoms with Gasteiger partial charge < -0.3 is 20.9 Å². The number of hydrogen-bond donors (Lipinski definition) is 2. The summed E-state index contributed by atoms with van der Waals surface area (Å²) in [5.41, 5.74) is 8.26. The Morgan fingerprint density at radius 3 is 2.53 bits per heavy atom. The molecule has 0 fully saturated rings. The van der Waals surface area contributed by atoms with Crippen LogP contribution in [0.1, 0.15) is 16.8 Å². The smallest absolute Gasteiger partial charge is 0.253 e. The van der Waals surface area contributed by atoms with Gasteiger partial charge in [-0.2, -0.15) is 0 Å². The summed E-state index contributed by atoms with van der Waals surface area (Å²) in [4.78, 5) is 15.5. The maximum atomic E-state index is 11.8. The van der Waals surface area contributed by atoms with Crippen molar-refractivity contribution in [1.82, 2.24) is 10.2 Å². The summed E-state index contributed by atoms with van der Waals surface area (Å²) in [6.07, 6.45) is 1.05. The van der Waals surface area contributed by atoms with Crippen LogP contribution in [-0.2, 0) is 0 Å². The van der Waals surface area contributed by atoms with Gasteiger partial charge in [0.1, 0.15) is 0 Å². The fourth-order valence-electron chi connectivity index (χ4n) is 1.91. The molecule has 0 aliphatic heterocycles. The van der Waals surface area contributed by atoms with Gasteiger partial charge in [0.15, 0.2) is 0 Å². The number of carbonyl (C=O) groups is 1. The van der Waals surface area contributed by atoms with Crippen LogP contribution < -0.4 is 16.0 Å². The van der Waals surface area contributed by atoms with Gasteiger partial charge in [-0.05, 0) is 38.2 Å². The van der Waals surface area contributed by atoms with Crippen LogP contribution in [0.2, 0.25) is 0 Å². The Hall–Kier alpha value is -1.75. The van der Waals surface area contributed by atoms with Crippen molar-refractivity contribution in [3.8, 4) is 0 Å². The van der Waals surface area contributed by atoms with Crippen molar-refractivity contribution in [2.45, 2.75) is 6.42 Å². The van der Waals surface area contributed by atoms with Gasteiger partial charge in [-0.15, -0.1) is 0 Å². The molecule has 0 radical (unpaired) electrons. The molecular weight excluding hydrogens is 240 g/mol. The molecule has 1 rings (SSSR count). The number of anilines is 2. The zero-order chi connectivity index (χ0) is 14.4. The van der Waals surface area contributed by atoms with Crippen LogP contribution in [0.4, 0.5) is 11.4 Å². The average Bonchev–Trinajstić information content (AvgIpc) is 2.37. The Kier molecular flexibility index (Phi) is 5.63. The fourth-order valence-corrected chi connectivity index (χ4v) is 1.91. The van der Waals surface area contributed by atoms with E-state index in [9.17, 15) is 4.79 Å². The predicted octanol–water partition coefficient (Wildman–Crippen LogP) is 1.02. The molecule has 106 valence electrons. The Morgan fingerprint density at radius 2 is 2.00 bits per heavy atom. The molecule has 0 aliphatic rings. The van der Waals surface area contributed by atoms with Crippen molar-refractivity contribution >= 4 is 17.3 Å². The first-order valence-electron chi connectivity index (χ1n) is 6.44. The third-order valence-corrected chi connectivity index (χ3v) is 3.01. The molecule has 0 aromatic heterocycles. The highest BCUT2D eigenvalue weighted by Gasteiger charge is 2.11. The molecule has 0 bridgehead atoms. The van der Waals surface area contributed by atoms with Gasteiger partial charge in [0.2, 0.25) is 0 Å². The summed E-state index contributed by atoms with van der Waals surface area (Å²) in [5, 5.41) is 3.12. The molecule has 19 heavy (non-hydrogen) atoms. The molecule has 1 amide bonds. The summed E-state index contributed by atoms with van der Waals surface area (Å²) in [7, 11) is 7.41. The molecule has 0 saturated heterocycles. The lowest BCUT2D eigenvalue weighted by Gasteiger charge is -2.22. The minimum Gasteiger partial charge on any atom is -0.397 e. The van der Waals surface area contributed by atoms with Crippen molar-refractivity contribution in [3.05, 3.63) is 23.8 Å². The highest BCUT2D eigenvalue weighted by atomic mass is 16.2. The van der Waals surface area contributed by atoms with Crippen molar-refractivity contribution in [3.63, 3.8) is 0 Å². The summed E-state index contributed by atoms with van der Waals surface area (Å²) in [6, 6.07) is 5.47. The topological polar surface area (TPSA) is 61.6 Å². The van der Waals surface area contributed by atoms with Crippen LogP contribution in [0.3, 0.4) is 0 Å². The van der Waals surface area contributed by atoms with E-state index in [1.807, 2.05) is 26.2 Å². The van der Waals surface area contributed by atoms with Crippen LogP contribution in [0.5, 0.6) is 0 Å². The van der Waals surface area contributed by atoms with Gasteiger partial charge in [0.05, 0.1) is 11.4 Å². The van der Waals surface area contributed by atoms with E-state index in [-0.39, 0.29) is 5.91 Å². The van der Waals surface area contributed by atoms with E-state index >= 15 is 0 Å². The Balaban J connectivity index is 2.79. The van der Waals surface area contributed by atoms with Gasteiger partial charge in [0.25, 0.3) is 5.91 Å². The first-order valence-corrected chi connectivity index (χ1v) is 6.44. The highest BCUT2D eigenvalue weighted by Crippen LogP contribution is 2.23. The Labute approximate surface area is 115 Å². The van der Waals surface area contributed by atoms with Crippen molar-refractivity contribution in [1.29, 1.82) is 0 Å². The molecular formula is C14H24N4O. The largest absolute Gasteiger partial charge is 0.397 e. The second kappa shape index (κ2) is 6.99. The van der Waals surface area contributed by atoms with E-state index in [0.29, 0.717) is 11.3 Å². The van der Waals surface area contributed by atoms with Crippen LogP contribution in [0.15, 0.2) is 18.2 Å². The lowest BCUT2D eigenvalue weighted by atomic mass is 10.1. The zero-order valence-electron chi connectivity index (χ0n) is 12.2. The van der Waals surface area contributed by atoms with E-state index < -0.39 is 0 Å². The standard InChI is InChI=1S/C14H24N4O/c1-16-8-5-9-18(4)13-7-6-11(10-12(13)15)14(19)17(2)3/h6-7,10,16H,5,8-9,15H2,1-4H3. The first-order chi connectivity index (χ1) is 8.97. The molecule has 0 saturated carbocycles. The molecule has 1 aromatic carbocycles. The van der Waals surface area contributed by atoms with Gasteiger partial charge in [0, 0.05) is 33.3 Å². The number of nitrogens with zero attached hydrogens (tertiary/aromatic N) is 2. The van der Waals surface area contributed by atoms with E-state index in [1.165, 1.54) is 0 Å². The van der Waals surface area contributed by atoms with Gasteiger partial charge in [-0.3, -0.25) is 4.79 Å². The van der Waals surface area contributed by atoms with Crippen LogP contribution in [-0.4, -0.2) is 52.1 Å². The molecule has 0 spiro atoms. The van der Waals surface area contributed by atoms with E-state index in [0.717, 1.165) is 25.2 Å². The third-order valence-electron chi connectivity index (χ3n) is 3.01. The fraction of sp³-hybridized carbons (Fsp3) is 0.500. The Morgan fingerprint density at radius 1 is 1.32 bits per heavy atom. The zero-order valence-corrected chi connectivity index (χ0v) is 12.2. The van der Waals surface area contributed by atoms with E-state index in [4.69, 9.17) is 5.73 Å². The minimum absolute atomic E-state index is 0.0314. The van der Waals surface area contributed by atoms with Gasteiger partial charge >= 0.3 is 0 Å². The second-order valence-electron chi connectivity index (χ2n) is 4.85. The first kappa shape index (κ1) is 15.3. The minimum atomic E-state index is -0.0314. The monoisotopic (exact) mass is 264 g/mol. The number of nitrogen functional groups attached to an aromatic ring is 1. The molecule has 0 atom stereocenters.